The second-order valence-electron chi connectivity index (χ2n) is 6.73. The first-order chi connectivity index (χ1) is 9.12. The first-order valence-corrected chi connectivity index (χ1v) is 7.40. The van der Waals surface area contributed by atoms with Crippen molar-refractivity contribution in [1.82, 2.24) is 4.90 Å². The minimum atomic E-state index is 0.127. The molecule has 1 aromatic rings. The Balaban J connectivity index is 1.34. The van der Waals surface area contributed by atoms with Crippen molar-refractivity contribution in [2.75, 3.05) is 19.6 Å². The molecule has 1 atom stereocenters. The lowest BCUT2D eigenvalue weighted by Crippen LogP contribution is -2.69. The molecule has 2 aliphatic heterocycles. The van der Waals surface area contributed by atoms with Gasteiger partial charge in [0.15, 0.2) is 0 Å². The third-order valence-electron chi connectivity index (χ3n) is 4.85. The number of aryl methyl sites for hydroxylation is 1. The van der Waals surface area contributed by atoms with Gasteiger partial charge >= 0.3 is 0 Å². The van der Waals surface area contributed by atoms with Crippen LogP contribution < -0.4 is 10.5 Å². The predicted octanol–water partition coefficient (Wildman–Crippen LogP) is 1.72. The van der Waals surface area contributed by atoms with E-state index in [9.17, 15) is 0 Å². The lowest BCUT2D eigenvalue weighted by molar-refractivity contribution is 0.0252. The molecule has 1 saturated carbocycles. The summed E-state index contributed by atoms with van der Waals surface area (Å²) in [6, 6.07) is 6.49. The molecule has 0 radical (unpaired) electrons. The summed E-state index contributed by atoms with van der Waals surface area (Å²) in [5.41, 5.74) is 9.21. The minimum Gasteiger partial charge on any atom is -0.488 e. The number of nitrogens with two attached hydrogens (primary N) is 1. The number of benzene rings is 1. The zero-order valence-corrected chi connectivity index (χ0v) is 11.6. The number of ether oxygens (including phenoxy) is 1. The van der Waals surface area contributed by atoms with Gasteiger partial charge in [-0.1, -0.05) is 17.7 Å². The standard InChI is InChI=1S/C16H22N2O/c1-11-2-5-15-12(6-11)7-14(19-15)8-18-9-16(17,10-18)13-3-4-13/h2,5-6,13-14H,3-4,7-10,17H2,1H3. The van der Waals surface area contributed by atoms with Crippen LogP contribution in [0.25, 0.3) is 0 Å². The van der Waals surface area contributed by atoms with E-state index in [0.29, 0.717) is 6.10 Å². The monoisotopic (exact) mass is 258 g/mol. The topological polar surface area (TPSA) is 38.5 Å². The minimum absolute atomic E-state index is 0.127. The Hall–Kier alpha value is -1.06. The summed E-state index contributed by atoms with van der Waals surface area (Å²) in [5, 5.41) is 0. The maximum absolute atomic E-state index is 6.39. The average molecular weight is 258 g/mol. The second-order valence-corrected chi connectivity index (χ2v) is 6.73. The zero-order chi connectivity index (χ0) is 13.0. The van der Waals surface area contributed by atoms with Gasteiger partial charge in [-0.25, -0.2) is 0 Å². The van der Waals surface area contributed by atoms with Crippen LogP contribution in [-0.4, -0.2) is 36.2 Å². The molecule has 19 heavy (non-hydrogen) atoms. The van der Waals surface area contributed by atoms with Crippen molar-refractivity contribution in [3.63, 3.8) is 0 Å². The van der Waals surface area contributed by atoms with Crippen LogP contribution in [0.3, 0.4) is 0 Å². The van der Waals surface area contributed by atoms with Gasteiger partial charge in [0.1, 0.15) is 11.9 Å². The molecule has 2 N–H and O–H groups in total. The highest BCUT2D eigenvalue weighted by Crippen LogP contribution is 2.43. The Labute approximate surface area is 114 Å². The van der Waals surface area contributed by atoms with Crippen LogP contribution in [0.5, 0.6) is 5.75 Å². The maximum atomic E-state index is 6.39. The van der Waals surface area contributed by atoms with E-state index in [4.69, 9.17) is 10.5 Å². The largest absolute Gasteiger partial charge is 0.488 e. The molecule has 2 heterocycles. The van der Waals surface area contributed by atoms with Crippen molar-refractivity contribution in [2.45, 2.75) is 37.8 Å². The second kappa shape index (κ2) is 3.97. The smallest absolute Gasteiger partial charge is 0.123 e. The highest BCUT2D eigenvalue weighted by Gasteiger charge is 2.50. The molecular formula is C16H22N2O. The van der Waals surface area contributed by atoms with Gasteiger partial charge in [-0.15, -0.1) is 0 Å². The Bertz CT molecular complexity index is 503. The molecule has 2 fully saturated rings. The van der Waals surface area contributed by atoms with Crippen LogP contribution in [0.1, 0.15) is 24.0 Å². The molecule has 3 aliphatic rings. The lowest BCUT2D eigenvalue weighted by Gasteiger charge is -2.49. The van der Waals surface area contributed by atoms with E-state index >= 15 is 0 Å². The average Bonchev–Trinajstić information content (AvgIpc) is 3.09. The van der Waals surface area contributed by atoms with Gasteiger partial charge in [0.25, 0.3) is 0 Å². The molecule has 0 bridgehead atoms. The molecule has 3 nitrogen and oxygen atoms in total. The molecule has 1 saturated heterocycles. The van der Waals surface area contributed by atoms with Crippen LogP contribution >= 0.6 is 0 Å². The molecule has 102 valence electrons. The van der Waals surface area contributed by atoms with E-state index in [0.717, 1.165) is 37.7 Å². The Kier molecular flexibility index (Phi) is 2.45. The normalized spacial score (nSPS) is 28.6. The molecule has 0 aromatic heterocycles. The van der Waals surface area contributed by atoms with E-state index < -0.39 is 0 Å². The number of hydrogen-bond acceptors (Lipinski definition) is 3. The van der Waals surface area contributed by atoms with Crippen molar-refractivity contribution < 1.29 is 4.74 Å². The van der Waals surface area contributed by atoms with E-state index in [2.05, 4.69) is 30.0 Å². The van der Waals surface area contributed by atoms with Crippen LogP contribution in [-0.2, 0) is 6.42 Å². The lowest BCUT2D eigenvalue weighted by atomic mass is 9.85. The summed E-state index contributed by atoms with van der Waals surface area (Å²) < 4.78 is 6.03. The van der Waals surface area contributed by atoms with Gasteiger partial charge in [-0.05, 0) is 37.3 Å². The summed E-state index contributed by atoms with van der Waals surface area (Å²) in [4.78, 5) is 2.46. The third kappa shape index (κ3) is 2.05. The third-order valence-corrected chi connectivity index (χ3v) is 4.85. The van der Waals surface area contributed by atoms with Gasteiger partial charge in [0.2, 0.25) is 0 Å². The van der Waals surface area contributed by atoms with Gasteiger partial charge < -0.3 is 10.5 Å². The van der Waals surface area contributed by atoms with Crippen molar-refractivity contribution in [3.05, 3.63) is 29.3 Å². The van der Waals surface area contributed by atoms with Crippen molar-refractivity contribution in [1.29, 1.82) is 0 Å². The summed E-state index contributed by atoms with van der Waals surface area (Å²) >= 11 is 0. The van der Waals surface area contributed by atoms with Gasteiger partial charge in [0, 0.05) is 31.6 Å². The first-order valence-electron chi connectivity index (χ1n) is 7.40. The summed E-state index contributed by atoms with van der Waals surface area (Å²) in [7, 11) is 0. The van der Waals surface area contributed by atoms with Crippen molar-refractivity contribution in [2.24, 2.45) is 11.7 Å². The van der Waals surface area contributed by atoms with E-state index in [1.807, 2.05) is 0 Å². The number of rotatable bonds is 3. The number of nitrogens with zero attached hydrogens (tertiary/aromatic N) is 1. The maximum Gasteiger partial charge on any atom is 0.123 e. The first kappa shape index (κ1) is 11.7. The van der Waals surface area contributed by atoms with Crippen LogP contribution in [0, 0.1) is 12.8 Å². The van der Waals surface area contributed by atoms with E-state index in [1.54, 1.807) is 0 Å². The van der Waals surface area contributed by atoms with Crippen molar-refractivity contribution >= 4 is 0 Å². The summed E-state index contributed by atoms with van der Waals surface area (Å²) in [6.07, 6.45) is 4.05. The van der Waals surface area contributed by atoms with Gasteiger partial charge in [-0.2, -0.15) is 0 Å². The molecule has 0 spiro atoms. The summed E-state index contributed by atoms with van der Waals surface area (Å²) in [5.74, 6) is 1.88. The highest BCUT2D eigenvalue weighted by atomic mass is 16.5. The predicted molar refractivity (Wildman–Crippen MR) is 75.4 cm³/mol. The fourth-order valence-corrected chi connectivity index (χ4v) is 3.67. The highest BCUT2D eigenvalue weighted by molar-refractivity contribution is 5.40. The number of hydrogen-bond donors (Lipinski definition) is 1. The molecule has 3 heteroatoms. The Morgan fingerprint density at radius 2 is 2.16 bits per heavy atom. The van der Waals surface area contributed by atoms with Gasteiger partial charge in [0.05, 0.1) is 0 Å². The quantitative estimate of drug-likeness (QED) is 0.897. The fourth-order valence-electron chi connectivity index (χ4n) is 3.67. The Morgan fingerprint density at radius 1 is 1.37 bits per heavy atom. The number of likely N-dealkylation sites (tertiary alicyclic amines) is 1. The van der Waals surface area contributed by atoms with Crippen LogP contribution in [0.2, 0.25) is 0 Å². The molecule has 4 rings (SSSR count). The van der Waals surface area contributed by atoms with Crippen molar-refractivity contribution in [3.8, 4) is 5.75 Å². The van der Waals surface area contributed by atoms with Crippen LogP contribution in [0.4, 0.5) is 0 Å². The van der Waals surface area contributed by atoms with E-state index in [1.165, 1.54) is 24.0 Å². The SMILES string of the molecule is Cc1ccc2c(c1)CC(CN1CC(N)(C3CC3)C1)O2. The molecular weight excluding hydrogens is 236 g/mol. The summed E-state index contributed by atoms with van der Waals surface area (Å²) in [6.45, 7) is 5.29. The zero-order valence-electron chi connectivity index (χ0n) is 11.6. The Morgan fingerprint density at radius 3 is 2.89 bits per heavy atom. The van der Waals surface area contributed by atoms with Crippen LogP contribution in [0.15, 0.2) is 18.2 Å². The van der Waals surface area contributed by atoms with Gasteiger partial charge in [-0.3, -0.25) is 4.90 Å². The molecule has 1 aromatic carbocycles. The molecule has 0 amide bonds. The fraction of sp³-hybridized carbons (Fsp3) is 0.625. The number of fused-ring (bicyclic) bond motifs is 1. The molecule has 1 unspecified atom stereocenters. The molecule has 1 aliphatic carbocycles. The van der Waals surface area contributed by atoms with E-state index in [-0.39, 0.29) is 5.54 Å².